The third kappa shape index (κ3) is 2.40. The third-order valence-corrected chi connectivity index (χ3v) is 2.95. The number of ether oxygens (including phenoxy) is 2. The molecule has 1 aromatic carbocycles. The molecule has 0 saturated carbocycles. The van der Waals surface area contributed by atoms with E-state index in [4.69, 9.17) is 21.1 Å². The maximum Gasteiger partial charge on any atom is 0.128 e. The van der Waals surface area contributed by atoms with Crippen LogP contribution >= 0.6 is 34.2 Å². The molecule has 0 aliphatic heterocycles. The first-order chi connectivity index (χ1) is 6.22. The summed E-state index contributed by atoms with van der Waals surface area (Å²) in [4.78, 5) is 0. The van der Waals surface area contributed by atoms with Gasteiger partial charge in [-0.1, -0.05) is 0 Å². The maximum atomic E-state index is 5.79. The van der Waals surface area contributed by atoms with Crippen molar-refractivity contribution in [3.05, 3.63) is 21.3 Å². The quantitative estimate of drug-likeness (QED) is 0.631. The molecule has 0 aromatic heterocycles. The van der Waals surface area contributed by atoms with E-state index in [-0.39, 0.29) is 0 Å². The van der Waals surface area contributed by atoms with Crippen molar-refractivity contribution >= 4 is 34.2 Å². The van der Waals surface area contributed by atoms with E-state index in [1.54, 1.807) is 14.2 Å². The largest absolute Gasteiger partial charge is 0.497 e. The van der Waals surface area contributed by atoms with Crippen LogP contribution in [0.3, 0.4) is 0 Å². The normalized spacial score (nSPS) is 9.85. The van der Waals surface area contributed by atoms with Crippen LogP contribution in [0.4, 0.5) is 0 Å². The summed E-state index contributed by atoms with van der Waals surface area (Å²) < 4.78 is 11.4. The van der Waals surface area contributed by atoms with Crippen molar-refractivity contribution < 1.29 is 9.47 Å². The zero-order valence-corrected chi connectivity index (χ0v) is 10.3. The van der Waals surface area contributed by atoms with Crippen molar-refractivity contribution in [2.24, 2.45) is 0 Å². The van der Waals surface area contributed by atoms with Crippen molar-refractivity contribution in [1.29, 1.82) is 0 Å². The highest BCUT2D eigenvalue weighted by Gasteiger charge is 2.08. The molecular formula is C9H10ClIO2. The number of hydrogen-bond donors (Lipinski definition) is 0. The van der Waals surface area contributed by atoms with Crippen LogP contribution < -0.4 is 9.47 Å². The first-order valence-electron chi connectivity index (χ1n) is 3.69. The smallest absolute Gasteiger partial charge is 0.128 e. The summed E-state index contributed by atoms with van der Waals surface area (Å²) in [5.41, 5.74) is 1.01. The van der Waals surface area contributed by atoms with Gasteiger partial charge in [-0.15, -0.1) is 11.6 Å². The Morgan fingerprint density at radius 3 is 2.46 bits per heavy atom. The summed E-state index contributed by atoms with van der Waals surface area (Å²) >= 11 is 8.00. The van der Waals surface area contributed by atoms with Crippen molar-refractivity contribution in [2.75, 3.05) is 14.2 Å². The van der Waals surface area contributed by atoms with Gasteiger partial charge in [0.1, 0.15) is 11.5 Å². The van der Waals surface area contributed by atoms with Crippen LogP contribution in [0.2, 0.25) is 0 Å². The number of halogens is 2. The molecule has 0 atom stereocenters. The monoisotopic (exact) mass is 312 g/mol. The Morgan fingerprint density at radius 2 is 2.00 bits per heavy atom. The van der Waals surface area contributed by atoms with Gasteiger partial charge in [0.25, 0.3) is 0 Å². The van der Waals surface area contributed by atoms with Gasteiger partial charge >= 0.3 is 0 Å². The zero-order chi connectivity index (χ0) is 9.84. The van der Waals surface area contributed by atoms with E-state index in [1.165, 1.54) is 0 Å². The van der Waals surface area contributed by atoms with Gasteiger partial charge < -0.3 is 9.47 Å². The van der Waals surface area contributed by atoms with E-state index in [0.29, 0.717) is 5.88 Å². The molecule has 2 nitrogen and oxygen atoms in total. The van der Waals surface area contributed by atoms with Gasteiger partial charge in [-0.05, 0) is 28.7 Å². The molecule has 0 spiro atoms. The fraction of sp³-hybridized carbons (Fsp3) is 0.333. The molecule has 0 aliphatic rings. The Kier molecular flexibility index (Phi) is 4.12. The molecular weight excluding hydrogens is 302 g/mol. The van der Waals surface area contributed by atoms with E-state index < -0.39 is 0 Å². The third-order valence-electron chi connectivity index (χ3n) is 1.72. The molecule has 72 valence electrons. The topological polar surface area (TPSA) is 18.5 Å². The second-order valence-corrected chi connectivity index (χ2v) is 3.85. The minimum Gasteiger partial charge on any atom is -0.497 e. The molecule has 13 heavy (non-hydrogen) atoms. The lowest BCUT2D eigenvalue weighted by Crippen LogP contribution is -1.94. The summed E-state index contributed by atoms with van der Waals surface area (Å²) in [5, 5.41) is 0. The molecule has 0 unspecified atom stereocenters. The van der Waals surface area contributed by atoms with Crippen molar-refractivity contribution in [2.45, 2.75) is 5.88 Å². The number of methoxy groups -OCH3 is 2. The fourth-order valence-corrected chi connectivity index (χ4v) is 2.28. The lowest BCUT2D eigenvalue weighted by Gasteiger charge is -2.10. The summed E-state index contributed by atoms with van der Waals surface area (Å²) in [6.07, 6.45) is 0. The van der Waals surface area contributed by atoms with Gasteiger partial charge in [0, 0.05) is 15.2 Å². The number of hydrogen-bond acceptors (Lipinski definition) is 2. The van der Waals surface area contributed by atoms with Gasteiger partial charge in [0.05, 0.1) is 20.1 Å². The Balaban J connectivity index is 3.20. The van der Waals surface area contributed by atoms with Crippen molar-refractivity contribution in [3.63, 3.8) is 0 Å². The zero-order valence-electron chi connectivity index (χ0n) is 7.43. The van der Waals surface area contributed by atoms with Crippen LogP contribution in [0.5, 0.6) is 11.5 Å². The Morgan fingerprint density at radius 1 is 1.31 bits per heavy atom. The van der Waals surface area contributed by atoms with Gasteiger partial charge in [-0.3, -0.25) is 0 Å². The fourth-order valence-electron chi connectivity index (χ4n) is 1.02. The highest BCUT2D eigenvalue weighted by atomic mass is 127. The summed E-state index contributed by atoms with van der Waals surface area (Å²) in [6.45, 7) is 0. The minimum absolute atomic E-state index is 0.450. The first-order valence-corrected chi connectivity index (χ1v) is 5.30. The van der Waals surface area contributed by atoms with Crippen LogP contribution in [-0.2, 0) is 5.88 Å². The molecule has 0 radical (unpaired) electrons. The predicted molar refractivity (Wildman–Crippen MR) is 61.8 cm³/mol. The molecule has 0 N–H and O–H groups in total. The van der Waals surface area contributed by atoms with Crippen LogP contribution in [0, 0.1) is 3.57 Å². The molecule has 4 heteroatoms. The second kappa shape index (κ2) is 4.91. The summed E-state index contributed by atoms with van der Waals surface area (Å²) in [6, 6.07) is 3.76. The number of alkyl halides is 1. The SMILES string of the molecule is COc1cc(I)c(CCl)c(OC)c1. The lowest BCUT2D eigenvalue weighted by atomic mass is 10.2. The van der Waals surface area contributed by atoms with E-state index in [9.17, 15) is 0 Å². The van der Waals surface area contributed by atoms with E-state index in [2.05, 4.69) is 22.6 Å². The number of benzene rings is 1. The molecule has 0 fully saturated rings. The van der Waals surface area contributed by atoms with E-state index in [1.807, 2.05) is 12.1 Å². The van der Waals surface area contributed by atoms with Crippen molar-refractivity contribution in [3.8, 4) is 11.5 Å². The predicted octanol–water partition coefficient (Wildman–Crippen LogP) is 3.05. The average molecular weight is 313 g/mol. The van der Waals surface area contributed by atoms with Crippen LogP contribution in [0.15, 0.2) is 12.1 Å². The average Bonchev–Trinajstić information content (AvgIpc) is 2.16. The Hall–Kier alpha value is -0.160. The molecule has 1 rings (SSSR count). The maximum absolute atomic E-state index is 5.79. The van der Waals surface area contributed by atoms with Crippen LogP contribution in [0.1, 0.15) is 5.56 Å². The van der Waals surface area contributed by atoms with Crippen LogP contribution in [-0.4, -0.2) is 14.2 Å². The van der Waals surface area contributed by atoms with Crippen molar-refractivity contribution in [1.82, 2.24) is 0 Å². The summed E-state index contributed by atoms with van der Waals surface area (Å²) in [7, 11) is 3.26. The summed E-state index contributed by atoms with van der Waals surface area (Å²) in [5.74, 6) is 2.01. The standard InChI is InChI=1S/C9H10ClIO2/c1-12-6-3-8(11)7(5-10)9(4-6)13-2/h3-4H,5H2,1-2H3. The molecule has 0 amide bonds. The molecule has 1 aromatic rings. The van der Waals surface area contributed by atoms with Gasteiger partial charge in [-0.25, -0.2) is 0 Å². The van der Waals surface area contributed by atoms with Gasteiger partial charge in [-0.2, -0.15) is 0 Å². The first kappa shape index (κ1) is 10.9. The molecule has 0 aliphatic carbocycles. The molecule has 0 heterocycles. The highest BCUT2D eigenvalue weighted by Crippen LogP contribution is 2.30. The number of rotatable bonds is 3. The minimum atomic E-state index is 0.450. The Labute approximate surface area is 96.3 Å². The molecule has 0 saturated heterocycles. The van der Waals surface area contributed by atoms with Crippen LogP contribution in [0.25, 0.3) is 0 Å². The second-order valence-electron chi connectivity index (χ2n) is 2.42. The van der Waals surface area contributed by atoms with Gasteiger partial charge in [0.15, 0.2) is 0 Å². The highest BCUT2D eigenvalue weighted by molar-refractivity contribution is 14.1. The molecule has 0 bridgehead atoms. The Bertz CT molecular complexity index is 302. The lowest BCUT2D eigenvalue weighted by molar-refractivity contribution is 0.391. The van der Waals surface area contributed by atoms with Gasteiger partial charge in [0.2, 0.25) is 0 Å². The van der Waals surface area contributed by atoms with E-state index >= 15 is 0 Å². The van der Waals surface area contributed by atoms with E-state index in [0.717, 1.165) is 20.6 Å².